The number of carbonyl (C=O) groups is 1. The quantitative estimate of drug-likeness (QED) is 0.775. The second-order valence-corrected chi connectivity index (χ2v) is 3.29. The fraction of sp³-hybridized carbons (Fsp3) is 0.400. The van der Waals surface area contributed by atoms with Gasteiger partial charge >= 0.3 is 5.97 Å². The maximum atomic E-state index is 10.5. The van der Waals surface area contributed by atoms with Gasteiger partial charge in [0.05, 0.1) is 12.1 Å². The molecule has 1 heterocycles. The van der Waals surface area contributed by atoms with Gasteiger partial charge < -0.3 is 5.11 Å². The molecule has 0 spiro atoms. The zero-order valence-electron chi connectivity index (χ0n) is 8.18. The van der Waals surface area contributed by atoms with E-state index in [-0.39, 0.29) is 5.92 Å². The molecule has 0 bridgehead atoms. The van der Waals surface area contributed by atoms with E-state index in [2.05, 4.69) is 11.7 Å². The molecule has 76 valence electrons. The number of rotatable bonds is 5. The molecule has 0 saturated carbocycles. The van der Waals surface area contributed by atoms with Crippen molar-refractivity contribution in [2.24, 2.45) is 5.92 Å². The number of aliphatic carboxylic acids is 1. The van der Waals surface area contributed by atoms with Crippen LogP contribution >= 0.6 is 0 Å². The highest BCUT2D eigenvalue weighted by molar-refractivity contribution is 5.69. The number of aryl methyl sites for hydroxylation is 1. The Kier molecular flexibility index (Phi) is 3.45. The third-order valence-electron chi connectivity index (χ3n) is 2.13. The van der Waals surface area contributed by atoms with Crippen molar-refractivity contribution in [3.63, 3.8) is 0 Å². The molecule has 1 atom stereocenters. The lowest BCUT2D eigenvalue weighted by Gasteiger charge is -2.03. The van der Waals surface area contributed by atoms with E-state index in [1.807, 2.05) is 6.20 Å². The highest BCUT2D eigenvalue weighted by Gasteiger charge is 2.10. The van der Waals surface area contributed by atoms with Crippen LogP contribution in [0.15, 0.2) is 19.0 Å². The molecule has 14 heavy (non-hydrogen) atoms. The molecule has 1 rings (SSSR count). The van der Waals surface area contributed by atoms with Crippen molar-refractivity contribution < 1.29 is 9.90 Å². The standard InChI is InChI=1S/C10H14N2O2/c1-3-12-7-9(6-11-12)5-4-8(2)10(13)14/h3,6-8H,1,4-5H2,2H3,(H,13,14). The van der Waals surface area contributed by atoms with Gasteiger partial charge in [0, 0.05) is 12.4 Å². The number of carboxylic acids is 1. The Morgan fingerprint density at radius 3 is 3.07 bits per heavy atom. The van der Waals surface area contributed by atoms with E-state index in [0.29, 0.717) is 6.42 Å². The lowest BCUT2D eigenvalue weighted by atomic mass is 10.0. The normalized spacial score (nSPS) is 12.4. The second-order valence-electron chi connectivity index (χ2n) is 3.29. The van der Waals surface area contributed by atoms with Gasteiger partial charge in [-0.15, -0.1) is 0 Å². The summed E-state index contributed by atoms with van der Waals surface area (Å²) in [5.74, 6) is -1.05. The molecule has 1 unspecified atom stereocenters. The van der Waals surface area contributed by atoms with Crippen molar-refractivity contribution in [2.75, 3.05) is 0 Å². The maximum Gasteiger partial charge on any atom is 0.306 e. The van der Waals surface area contributed by atoms with Gasteiger partial charge in [-0.25, -0.2) is 4.68 Å². The van der Waals surface area contributed by atoms with E-state index in [9.17, 15) is 4.79 Å². The number of hydrogen-bond acceptors (Lipinski definition) is 2. The first-order valence-electron chi connectivity index (χ1n) is 4.52. The van der Waals surface area contributed by atoms with Crippen molar-refractivity contribution in [3.05, 3.63) is 24.5 Å². The zero-order valence-corrected chi connectivity index (χ0v) is 8.18. The Labute approximate surface area is 82.9 Å². The van der Waals surface area contributed by atoms with Crippen molar-refractivity contribution in [2.45, 2.75) is 19.8 Å². The van der Waals surface area contributed by atoms with Crippen LogP contribution in [0.25, 0.3) is 6.20 Å². The van der Waals surface area contributed by atoms with E-state index >= 15 is 0 Å². The minimum atomic E-state index is -0.749. The van der Waals surface area contributed by atoms with Crippen LogP contribution in [0.4, 0.5) is 0 Å². The number of carboxylic acid groups (broad SMARTS) is 1. The van der Waals surface area contributed by atoms with Crippen LogP contribution in [0.2, 0.25) is 0 Å². The molecule has 0 amide bonds. The molecule has 0 fully saturated rings. The first kappa shape index (κ1) is 10.5. The Morgan fingerprint density at radius 1 is 1.86 bits per heavy atom. The summed E-state index contributed by atoms with van der Waals surface area (Å²) in [6.45, 7) is 5.28. The van der Waals surface area contributed by atoms with Crippen LogP contribution in [0, 0.1) is 5.92 Å². The summed E-state index contributed by atoms with van der Waals surface area (Å²) in [5, 5.41) is 12.7. The molecule has 4 heteroatoms. The van der Waals surface area contributed by atoms with Gasteiger partial charge in [-0.2, -0.15) is 5.10 Å². The summed E-state index contributed by atoms with van der Waals surface area (Å²) in [5.41, 5.74) is 1.04. The molecular formula is C10H14N2O2. The molecule has 0 aliphatic heterocycles. The maximum absolute atomic E-state index is 10.5. The number of nitrogens with zero attached hydrogens (tertiary/aromatic N) is 2. The molecule has 1 N–H and O–H groups in total. The van der Waals surface area contributed by atoms with Crippen LogP contribution in [0.1, 0.15) is 18.9 Å². The minimum Gasteiger partial charge on any atom is -0.481 e. The molecule has 4 nitrogen and oxygen atoms in total. The Bertz CT molecular complexity index is 331. The highest BCUT2D eigenvalue weighted by atomic mass is 16.4. The van der Waals surface area contributed by atoms with Gasteiger partial charge in [0.2, 0.25) is 0 Å². The van der Waals surface area contributed by atoms with E-state index in [0.717, 1.165) is 12.0 Å². The van der Waals surface area contributed by atoms with Crippen LogP contribution in [-0.2, 0) is 11.2 Å². The van der Waals surface area contributed by atoms with Crippen molar-refractivity contribution in [3.8, 4) is 0 Å². The zero-order chi connectivity index (χ0) is 10.6. The Balaban J connectivity index is 2.45. The first-order valence-corrected chi connectivity index (χ1v) is 4.52. The summed E-state index contributed by atoms with van der Waals surface area (Å²) >= 11 is 0. The van der Waals surface area contributed by atoms with Gasteiger partial charge in [0.15, 0.2) is 0 Å². The monoisotopic (exact) mass is 194 g/mol. The summed E-state index contributed by atoms with van der Waals surface area (Å²) in [6, 6.07) is 0. The van der Waals surface area contributed by atoms with E-state index in [1.165, 1.54) is 0 Å². The van der Waals surface area contributed by atoms with E-state index < -0.39 is 5.97 Å². The van der Waals surface area contributed by atoms with E-state index in [4.69, 9.17) is 5.11 Å². The minimum absolute atomic E-state index is 0.304. The van der Waals surface area contributed by atoms with Gasteiger partial charge in [0.25, 0.3) is 0 Å². The molecular weight excluding hydrogens is 180 g/mol. The van der Waals surface area contributed by atoms with Gasteiger partial charge in [-0.1, -0.05) is 13.5 Å². The van der Waals surface area contributed by atoms with Crippen LogP contribution in [0.3, 0.4) is 0 Å². The average molecular weight is 194 g/mol. The third-order valence-corrected chi connectivity index (χ3v) is 2.13. The topological polar surface area (TPSA) is 55.1 Å². The smallest absolute Gasteiger partial charge is 0.306 e. The Hall–Kier alpha value is -1.58. The number of hydrogen-bond donors (Lipinski definition) is 1. The summed E-state index contributed by atoms with van der Waals surface area (Å²) < 4.78 is 1.61. The molecule has 1 aromatic rings. The highest BCUT2D eigenvalue weighted by Crippen LogP contribution is 2.09. The largest absolute Gasteiger partial charge is 0.481 e. The van der Waals surface area contributed by atoms with Crippen LogP contribution in [-0.4, -0.2) is 20.9 Å². The van der Waals surface area contributed by atoms with Gasteiger partial charge in [0.1, 0.15) is 0 Å². The summed E-state index contributed by atoms with van der Waals surface area (Å²) in [6.07, 6.45) is 6.56. The lowest BCUT2D eigenvalue weighted by Crippen LogP contribution is -2.09. The molecule has 0 radical (unpaired) electrons. The SMILES string of the molecule is C=Cn1cc(CCC(C)C(=O)O)cn1. The summed E-state index contributed by atoms with van der Waals surface area (Å²) in [7, 11) is 0. The first-order chi connectivity index (χ1) is 6.63. The molecule has 0 saturated heterocycles. The van der Waals surface area contributed by atoms with Crippen molar-refractivity contribution in [1.82, 2.24) is 9.78 Å². The van der Waals surface area contributed by atoms with Crippen molar-refractivity contribution in [1.29, 1.82) is 0 Å². The second kappa shape index (κ2) is 4.60. The molecule has 0 aliphatic rings. The molecule has 0 aromatic carbocycles. The summed E-state index contributed by atoms with van der Waals surface area (Å²) in [4.78, 5) is 10.5. The predicted octanol–water partition coefficient (Wildman–Crippen LogP) is 1.64. The molecule has 0 aliphatic carbocycles. The fourth-order valence-corrected chi connectivity index (χ4v) is 1.11. The average Bonchev–Trinajstić information content (AvgIpc) is 2.61. The molecule has 1 aromatic heterocycles. The van der Waals surface area contributed by atoms with Crippen LogP contribution < -0.4 is 0 Å². The van der Waals surface area contributed by atoms with Gasteiger partial charge in [-0.05, 0) is 18.4 Å². The van der Waals surface area contributed by atoms with E-state index in [1.54, 1.807) is 24.0 Å². The van der Waals surface area contributed by atoms with Crippen molar-refractivity contribution >= 4 is 12.2 Å². The van der Waals surface area contributed by atoms with Crippen LogP contribution in [0.5, 0.6) is 0 Å². The predicted molar refractivity (Wildman–Crippen MR) is 53.7 cm³/mol. The lowest BCUT2D eigenvalue weighted by molar-refractivity contribution is -0.141. The fourth-order valence-electron chi connectivity index (χ4n) is 1.11. The Morgan fingerprint density at radius 2 is 2.57 bits per heavy atom. The van der Waals surface area contributed by atoms with Gasteiger partial charge in [-0.3, -0.25) is 4.79 Å². The number of aromatic nitrogens is 2. The third kappa shape index (κ3) is 2.73.